The third-order valence-electron chi connectivity index (χ3n) is 3.84. The molecule has 0 saturated heterocycles. The molecule has 0 bridgehead atoms. The highest BCUT2D eigenvalue weighted by Crippen LogP contribution is 2.39. The van der Waals surface area contributed by atoms with Crippen LogP contribution in [0.15, 0.2) is 46.0 Å². The van der Waals surface area contributed by atoms with Gasteiger partial charge in [-0.05, 0) is 36.8 Å². The number of thioether (sulfide) groups is 1. The van der Waals surface area contributed by atoms with Crippen molar-refractivity contribution >= 4 is 23.4 Å². The average Bonchev–Trinajstić information content (AvgIpc) is 3.16. The van der Waals surface area contributed by atoms with E-state index in [1.54, 1.807) is 0 Å². The first-order valence-electron chi connectivity index (χ1n) is 8.51. The molecule has 4 rings (SSSR count). The van der Waals surface area contributed by atoms with Crippen LogP contribution in [0.2, 0.25) is 5.02 Å². The predicted octanol–water partition coefficient (Wildman–Crippen LogP) is 4.85. The Hall–Kier alpha value is -2.38. The van der Waals surface area contributed by atoms with Gasteiger partial charge in [-0.15, -0.1) is 10.2 Å². The van der Waals surface area contributed by atoms with E-state index in [0.717, 1.165) is 16.9 Å². The van der Waals surface area contributed by atoms with Gasteiger partial charge in [0.25, 0.3) is 11.1 Å². The Bertz CT molecular complexity index is 947. The molecule has 0 unspecified atom stereocenters. The van der Waals surface area contributed by atoms with E-state index in [-0.39, 0.29) is 0 Å². The van der Waals surface area contributed by atoms with Gasteiger partial charge in [0.1, 0.15) is 19.0 Å². The molecular formula is C19H17ClN2O4S. The molecular weight excluding hydrogens is 388 g/mol. The minimum Gasteiger partial charge on any atom is -0.493 e. The van der Waals surface area contributed by atoms with Crippen LogP contribution >= 0.6 is 23.4 Å². The first kappa shape index (κ1) is 18.0. The lowest BCUT2D eigenvalue weighted by molar-refractivity contribution is 0.171. The average molecular weight is 405 g/mol. The second kappa shape index (κ2) is 8.10. The Labute approximate surface area is 165 Å². The van der Waals surface area contributed by atoms with Gasteiger partial charge in [0, 0.05) is 5.75 Å². The molecule has 2 heterocycles. The maximum Gasteiger partial charge on any atom is 0.277 e. The van der Waals surface area contributed by atoms with Crippen LogP contribution in [0.3, 0.4) is 0 Å². The quantitative estimate of drug-likeness (QED) is 0.544. The lowest BCUT2D eigenvalue weighted by atomic mass is 10.2. The van der Waals surface area contributed by atoms with Gasteiger partial charge in [0.05, 0.1) is 17.2 Å². The van der Waals surface area contributed by atoms with E-state index in [4.69, 9.17) is 30.2 Å². The summed E-state index contributed by atoms with van der Waals surface area (Å²) in [6, 6.07) is 11.4. The molecule has 6 nitrogen and oxygen atoms in total. The summed E-state index contributed by atoms with van der Waals surface area (Å²) in [5.74, 6) is 3.04. The number of aromatic nitrogens is 2. The van der Waals surface area contributed by atoms with Crippen LogP contribution in [-0.2, 0) is 5.75 Å². The fourth-order valence-electron chi connectivity index (χ4n) is 2.69. The van der Waals surface area contributed by atoms with Crippen molar-refractivity contribution < 1.29 is 18.6 Å². The minimum absolute atomic E-state index is 0.432. The van der Waals surface area contributed by atoms with Gasteiger partial charge in [0.15, 0.2) is 11.5 Å². The standard InChI is InChI=1S/C19H17ClN2O4S/c1-2-23-15-6-4-3-5-13(15)18-21-22-19(26-18)27-11-12-9-14(20)17-16(10-12)24-7-8-25-17/h3-6,9-10H,2,7-8,11H2,1H3. The molecule has 0 amide bonds. The van der Waals surface area contributed by atoms with Crippen LogP contribution < -0.4 is 14.2 Å². The summed E-state index contributed by atoms with van der Waals surface area (Å²) in [4.78, 5) is 0. The van der Waals surface area contributed by atoms with Crippen LogP contribution in [0, 0.1) is 0 Å². The normalized spacial score (nSPS) is 12.8. The molecule has 0 saturated carbocycles. The zero-order valence-corrected chi connectivity index (χ0v) is 16.2. The van der Waals surface area contributed by atoms with Crippen molar-refractivity contribution in [3.05, 3.63) is 47.0 Å². The fraction of sp³-hybridized carbons (Fsp3) is 0.263. The predicted molar refractivity (Wildman–Crippen MR) is 103 cm³/mol. The summed E-state index contributed by atoms with van der Waals surface area (Å²) in [5.41, 5.74) is 1.77. The van der Waals surface area contributed by atoms with E-state index >= 15 is 0 Å². The molecule has 8 heteroatoms. The first-order valence-corrected chi connectivity index (χ1v) is 9.87. The Morgan fingerprint density at radius 2 is 2.00 bits per heavy atom. The van der Waals surface area contributed by atoms with Crippen LogP contribution in [0.4, 0.5) is 0 Å². The minimum atomic E-state index is 0.432. The number of benzene rings is 2. The van der Waals surface area contributed by atoms with Crippen LogP contribution in [-0.4, -0.2) is 30.0 Å². The van der Waals surface area contributed by atoms with Crippen molar-refractivity contribution in [2.75, 3.05) is 19.8 Å². The number of rotatable bonds is 6. The van der Waals surface area contributed by atoms with Gasteiger partial charge in [-0.3, -0.25) is 0 Å². The van der Waals surface area contributed by atoms with Gasteiger partial charge < -0.3 is 18.6 Å². The molecule has 0 N–H and O–H groups in total. The summed E-state index contributed by atoms with van der Waals surface area (Å²) >= 11 is 7.71. The van der Waals surface area contributed by atoms with Crippen LogP contribution in [0.25, 0.3) is 11.5 Å². The number of fused-ring (bicyclic) bond motifs is 1. The molecule has 0 radical (unpaired) electrons. The van der Waals surface area contributed by atoms with E-state index in [2.05, 4.69) is 10.2 Å². The van der Waals surface area contributed by atoms with Crippen molar-refractivity contribution in [1.82, 2.24) is 10.2 Å². The van der Waals surface area contributed by atoms with Crippen molar-refractivity contribution in [3.63, 3.8) is 0 Å². The second-order valence-corrected chi connectivity index (χ2v) is 7.03. The van der Waals surface area contributed by atoms with Gasteiger partial charge in [0.2, 0.25) is 0 Å². The van der Waals surface area contributed by atoms with E-state index in [1.807, 2.05) is 43.3 Å². The van der Waals surface area contributed by atoms with E-state index in [9.17, 15) is 0 Å². The third kappa shape index (κ3) is 3.99. The molecule has 0 fully saturated rings. The van der Waals surface area contributed by atoms with Crippen molar-refractivity contribution in [2.24, 2.45) is 0 Å². The zero-order chi connectivity index (χ0) is 18.6. The van der Waals surface area contributed by atoms with Crippen LogP contribution in [0.5, 0.6) is 17.2 Å². The largest absolute Gasteiger partial charge is 0.493 e. The van der Waals surface area contributed by atoms with Gasteiger partial charge in [-0.25, -0.2) is 0 Å². The molecule has 1 aliphatic heterocycles. The highest BCUT2D eigenvalue weighted by atomic mass is 35.5. The summed E-state index contributed by atoms with van der Waals surface area (Å²) < 4.78 is 22.6. The summed E-state index contributed by atoms with van der Waals surface area (Å²) in [7, 11) is 0. The fourth-order valence-corrected chi connectivity index (χ4v) is 3.68. The Morgan fingerprint density at radius 1 is 1.15 bits per heavy atom. The number of nitrogens with zero attached hydrogens (tertiary/aromatic N) is 2. The second-order valence-electron chi connectivity index (χ2n) is 5.69. The third-order valence-corrected chi connectivity index (χ3v) is 5.01. The smallest absolute Gasteiger partial charge is 0.277 e. The zero-order valence-electron chi connectivity index (χ0n) is 14.6. The lowest BCUT2D eigenvalue weighted by Crippen LogP contribution is -2.15. The molecule has 2 aromatic carbocycles. The monoisotopic (exact) mass is 404 g/mol. The summed E-state index contributed by atoms with van der Waals surface area (Å²) in [6.07, 6.45) is 0. The Kier molecular flexibility index (Phi) is 5.40. The topological polar surface area (TPSA) is 66.6 Å². The molecule has 0 aliphatic carbocycles. The van der Waals surface area contributed by atoms with Crippen molar-refractivity contribution in [1.29, 1.82) is 0 Å². The SMILES string of the molecule is CCOc1ccccc1-c1nnc(SCc2cc(Cl)c3c(c2)OCCO3)o1. The number of halogens is 1. The maximum atomic E-state index is 6.28. The Balaban J connectivity index is 1.49. The van der Waals surface area contributed by atoms with Crippen molar-refractivity contribution in [2.45, 2.75) is 17.9 Å². The van der Waals surface area contributed by atoms with Gasteiger partial charge >= 0.3 is 0 Å². The van der Waals surface area contributed by atoms with E-state index < -0.39 is 0 Å². The van der Waals surface area contributed by atoms with E-state index in [1.165, 1.54) is 11.8 Å². The van der Waals surface area contributed by atoms with Gasteiger partial charge in [-0.2, -0.15) is 0 Å². The number of hydrogen-bond donors (Lipinski definition) is 0. The summed E-state index contributed by atoms with van der Waals surface area (Å²) in [5, 5.41) is 9.28. The molecule has 0 spiro atoms. The molecule has 1 aliphatic rings. The lowest BCUT2D eigenvalue weighted by Gasteiger charge is -2.20. The number of ether oxygens (including phenoxy) is 3. The summed E-state index contributed by atoms with van der Waals surface area (Å²) in [6.45, 7) is 3.53. The molecule has 3 aromatic rings. The van der Waals surface area contributed by atoms with Crippen LogP contribution in [0.1, 0.15) is 12.5 Å². The molecule has 140 valence electrons. The van der Waals surface area contributed by atoms with Gasteiger partial charge in [-0.1, -0.05) is 35.5 Å². The number of para-hydroxylation sites is 1. The highest BCUT2D eigenvalue weighted by Gasteiger charge is 2.18. The van der Waals surface area contributed by atoms with E-state index in [0.29, 0.717) is 53.2 Å². The molecule has 0 atom stereocenters. The maximum absolute atomic E-state index is 6.28. The Morgan fingerprint density at radius 3 is 2.89 bits per heavy atom. The highest BCUT2D eigenvalue weighted by molar-refractivity contribution is 7.98. The number of hydrogen-bond acceptors (Lipinski definition) is 7. The molecule has 27 heavy (non-hydrogen) atoms. The first-order chi connectivity index (χ1) is 13.2. The van der Waals surface area contributed by atoms with Crippen molar-refractivity contribution in [3.8, 4) is 28.7 Å². The molecule has 1 aromatic heterocycles.